The maximum atomic E-state index is 13.1. The third kappa shape index (κ3) is 4.81. The summed E-state index contributed by atoms with van der Waals surface area (Å²) in [5.41, 5.74) is 3.85. The normalized spacial score (nSPS) is 18.2. The Morgan fingerprint density at radius 1 is 1.18 bits per heavy atom. The van der Waals surface area contributed by atoms with Gasteiger partial charge in [0.05, 0.1) is 4.47 Å². The number of hydrogen-bond acceptors (Lipinski definition) is 6. The Hall–Kier alpha value is -2.16. The molecule has 1 aromatic carbocycles. The molecule has 7 nitrogen and oxygen atoms in total. The predicted octanol–water partition coefficient (Wildman–Crippen LogP) is 5.33. The van der Waals surface area contributed by atoms with Crippen LogP contribution >= 0.6 is 28.3 Å². The molecule has 3 heterocycles. The monoisotopic (exact) mass is 546 g/mol. The Morgan fingerprint density at radius 2 is 1.88 bits per heavy atom. The lowest BCUT2D eigenvalue weighted by Gasteiger charge is -2.40. The van der Waals surface area contributed by atoms with E-state index in [2.05, 4.69) is 74.6 Å². The van der Waals surface area contributed by atoms with Gasteiger partial charge in [0.2, 0.25) is 5.95 Å². The summed E-state index contributed by atoms with van der Waals surface area (Å²) in [6.45, 7) is 9.36. The van der Waals surface area contributed by atoms with Crippen LogP contribution in [0.1, 0.15) is 51.1 Å². The second kappa shape index (κ2) is 9.84. The van der Waals surface area contributed by atoms with E-state index in [0.717, 1.165) is 62.0 Å². The molecule has 1 saturated heterocycles. The van der Waals surface area contributed by atoms with E-state index < -0.39 is 0 Å². The minimum absolute atomic E-state index is 0. The summed E-state index contributed by atoms with van der Waals surface area (Å²) in [5, 5.41) is 7.80. The maximum Gasteiger partial charge on any atom is 0.267 e. The maximum absolute atomic E-state index is 13.1. The van der Waals surface area contributed by atoms with Gasteiger partial charge >= 0.3 is 0 Å². The van der Waals surface area contributed by atoms with Crippen LogP contribution in [0.2, 0.25) is 0 Å². The van der Waals surface area contributed by atoms with E-state index in [1.54, 1.807) is 0 Å². The molecule has 0 spiro atoms. The number of aryl methyl sites for hydroxylation is 1. The molecule has 3 aromatic rings. The molecular formula is C25H32BrClN6O. The van der Waals surface area contributed by atoms with Crippen LogP contribution in [0.15, 0.2) is 39.7 Å². The molecule has 1 aliphatic heterocycles. The highest BCUT2D eigenvalue weighted by atomic mass is 79.9. The van der Waals surface area contributed by atoms with Crippen molar-refractivity contribution < 1.29 is 0 Å². The van der Waals surface area contributed by atoms with Crippen molar-refractivity contribution in [2.75, 3.05) is 29.9 Å². The fourth-order valence-corrected chi connectivity index (χ4v) is 5.51. The van der Waals surface area contributed by atoms with Crippen LogP contribution in [0.25, 0.3) is 11.0 Å². The molecule has 2 fully saturated rings. The average molecular weight is 548 g/mol. The summed E-state index contributed by atoms with van der Waals surface area (Å²) >= 11 is 3.50. The second-order valence-corrected chi connectivity index (χ2v) is 10.7. The minimum Gasteiger partial charge on any atom is -0.368 e. The number of nitrogens with one attached hydrogen (secondary N) is 2. The number of nitrogens with zero attached hydrogens (tertiary/aromatic N) is 4. The fourth-order valence-electron chi connectivity index (χ4n) is 5.11. The topological polar surface area (TPSA) is 75.1 Å². The molecular weight excluding hydrogens is 516 g/mol. The molecule has 182 valence electrons. The summed E-state index contributed by atoms with van der Waals surface area (Å²) < 4.78 is 2.49. The van der Waals surface area contributed by atoms with E-state index in [1.165, 1.54) is 5.69 Å². The van der Waals surface area contributed by atoms with Crippen LogP contribution in [0.5, 0.6) is 0 Å². The Labute approximate surface area is 214 Å². The zero-order valence-corrected chi connectivity index (χ0v) is 22.3. The highest BCUT2D eigenvalue weighted by Crippen LogP contribution is 2.33. The van der Waals surface area contributed by atoms with Crippen molar-refractivity contribution >= 4 is 56.7 Å². The average Bonchev–Trinajstić information content (AvgIpc) is 3.32. The molecule has 0 bridgehead atoms. The number of benzene rings is 1. The third-order valence-corrected chi connectivity index (χ3v) is 7.82. The van der Waals surface area contributed by atoms with Gasteiger partial charge in [0.1, 0.15) is 5.65 Å². The van der Waals surface area contributed by atoms with Crippen molar-refractivity contribution in [1.82, 2.24) is 19.9 Å². The highest BCUT2D eigenvalue weighted by molar-refractivity contribution is 9.10. The van der Waals surface area contributed by atoms with E-state index in [-0.39, 0.29) is 29.5 Å². The lowest BCUT2D eigenvalue weighted by molar-refractivity contribution is 0.353. The van der Waals surface area contributed by atoms with Gasteiger partial charge in [0.25, 0.3) is 5.56 Å². The summed E-state index contributed by atoms with van der Waals surface area (Å²) in [7, 11) is 0. The molecule has 1 aliphatic carbocycles. The number of aromatic nitrogens is 3. The van der Waals surface area contributed by atoms with Crippen LogP contribution in [0.4, 0.5) is 17.3 Å². The standard InChI is InChI=1S/C25H31BrN6O.ClH/c1-16-20-14-27-24(30-22(20)32(23(33)21(16)26)19-6-4-5-7-19)29-17-8-10-18(11-9-17)31-13-12-28-25(2,3)15-31;/h8-11,14,19,28H,4-7,12-13,15H2,1-3H3,(H,27,29,30);1H. The largest absolute Gasteiger partial charge is 0.368 e. The molecule has 1 saturated carbocycles. The molecule has 5 rings (SSSR count). The van der Waals surface area contributed by atoms with E-state index in [1.807, 2.05) is 17.7 Å². The molecule has 9 heteroatoms. The molecule has 0 atom stereocenters. The van der Waals surface area contributed by atoms with Crippen molar-refractivity contribution in [2.45, 2.75) is 58.0 Å². The molecule has 2 N–H and O–H groups in total. The van der Waals surface area contributed by atoms with Gasteiger partial charge in [-0.3, -0.25) is 9.36 Å². The second-order valence-electron chi connectivity index (χ2n) is 9.89. The lowest BCUT2D eigenvalue weighted by Crippen LogP contribution is -2.57. The Morgan fingerprint density at radius 3 is 2.56 bits per heavy atom. The van der Waals surface area contributed by atoms with Crippen molar-refractivity contribution in [3.8, 4) is 0 Å². The Kier molecular flexibility index (Phi) is 7.22. The van der Waals surface area contributed by atoms with Crippen LogP contribution in [-0.4, -0.2) is 39.7 Å². The first-order valence-corrected chi connectivity index (χ1v) is 12.6. The van der Waals surface area contributed by atoms with Crippen LogP contribution < -0.4 is 21.1 Å². The lowest BCUT2D eigenvalue weighted by atomic mass is 10.0. The SMILES string of the molecule is Cc1c(Br)c(=O)n(C2CCCC2)c2nc(Nc3ccc(N4CCNC(C)(C)C4)cc3)ncc12.Cl. The van der Waals surface area contributed by atoms with Crippen molar-refractivity contribution in [3.63, 3.8) is 0 Å². The van der Waals surface area contributed by atoms with Crippen LogP contribution in [0.3, 0.4) is 0 Å². The highest BCUT2D eigenvalue weighted by Gasteiger charge is 2.26. The Bertz CT molecular complexity index is 1240. The number of fused-ring (bicyclic) bond motifs is 1. The van der Waals surface area contributed by atoms with Crippen LogP contribution in [-0.2, 0) is 0 Å². The molecule has 2 aliphatic rings. The van der Waals surface area contributed by atoms with Crippen molar-refractivity contribution in [2.24, 2.45) is 0 Å². The van der Waals surface area contributed by atoms with Gasteiger partial charge in [-0.05, 0) is 79.4 Å². The number of halogens is 2. The number of pyridine rings is 1. The predicted molar refractivity (Wildman–Crippen MR) is 145 cm³/mol. The van der Waals surface area contributed by atoms with Gasteiger partial charge in [-0.15, -0.1) is 12.4 Å². The zero-order valence-electron chi connectivity index (χ0n) is 19.9. The number of hydrogen-bond donors (Lipinski definition) is 2. The first-order chi connectivity index (χ1) is 15.8. The molecule has 34 heavy (non-hydrogen) atoms. The van der Waals surface area contributed by atoms with Gasteiger partial charge < -0.3 is 15.5 Å². The summed E-state index contributed by atoms with van der Waals surface area (Å²) in [4.78, 5) is 24.9. The molecule has 0 amide bonds. The molecule has 0 radical (unpaired) electrons. The molecule has 2 aromatic heterocycles. The Balaban J connectivity index is 0.00000274. The van der Waals surface area contributed by atoms with Gasteiger partial charge in [-0.1, -0.05) is 12.8 Å². The van der Waals surface area contributed by atoms with Gasteiger partial charge in [0.15, 0.2) is 0 Å². The van der Waals surface area contributed by atoms with E-state index >= 15 is 0 Å². The van der Waals surface area contributed by atoms with E-state index in [4.69, 9.17) is 4.98 Å². The van der Waals surface area contributed by atoms with Gasteiger partial charge in [0, 0.05) is 54.2 Å². The zero-order chi connectivity index (χ0) is 23.2. The van der Waals surface area contributed by atoms with Gasteiger partial charge in [-0.2, -0.15) is 4.98 Å². The van der Waals surface area contributed by atoms with E-state index in [9.17, 15) is 4.79 Å². The smallest absolute Gasteiger partial charge is 0.267 e. The quantitative estimate of drug-likeness (QED) is 0.460. The first kappa shape index (κ1) is 24.9. The summed E-state index contributed by atoms with van der Waals surface area (Å²) in [5.74, 6) is 0.506. The summed E-state index contributed by atoms with van der Waals surface area (Å²) in [6, 6.07) is 8.60. The number of rotatable bonds is 4. The van der Waals surface area contributed by atoms with Gasteiger partial charge in [-0.25, -0.2) is 4.98 Å². The number of piperazine rings is 1. The first-order valence-electron chi connectivity index (χ1n) is 11.8. The summed E-state index contributed by atoms with van der Waals surface area (Å²) in [6.07, 6.45) is 6.16. The van der Waals surface area contributed by atoms with Crippen molar-refractivity contribution in [1.29, 1.82) is 0 Å². The van der Waals surface area contributed by atoms with Crippen LogP contribution in [0, 0.1) is 6.92 Å². The fraction of sp³-hybridized carbons (Fsp3) is 0.480. The molecule has 0 unspecified atom stereocenters. The minimum atomic E-state index is -0.000140. The third-order valence-electron chi connectivity index (χ3n) is 6.89. The van der Waals surface area contributed by atoms with E-state index in [0.29, 0.717) is 16.1 Å². The number of anilines is 3. The van der Waals surface area contributed by atoms with Crippen molar-refractivity contribution in [3.05, 3.63) is 50.9 Å².